The first-order valence-corrected chi connectivity index (χ1v) is 8.60. The fourth-order valence-corrected chi connectivity index (χ4v) is 3.23. The van der Waals surface area contributed by atoms with Crippen molar-refractivity contribution in [1.29, 1.82) is 0 Å². The Labute approximate surface area is 144 Å². The van der Waals surface area contributed by atoms with Crippen molar-refractivity contribution in [3.63, 3.8) is 0 Å². The number of benzene rings is 1. The summed E-state index contributed by atoms with van der Waals surface area (Å²) in [6, 6.07) is 7.75. The maximum Gasteiger partial charge on any atom is 0.225 e. The molecule has 5 nitrogen and oxygen atoms in total. The molecule has 1 aliphatic heterocycles. The fourth-order valence-electron chi connectivity index (χ4n) is 3.23. The van der Waals surface area contributed by atoms with Gasteiger partial charge in [0, 0.05) is 32.5 Å². The molecular formula is C19H28N2O3. The molecule has 5 heteroatoms. The van der Waals surface area contributed by atoms with Crippen molar-refractivity contribution >= 4 is 11.8 Å². The normalized spacial score (nSPS) is 20.3. The molecule has 2 rings (SSSR count). The van der Waals surface area contributed by atoms with Gasteiger partial charge in [-0.1, -0.05) is 32.0 Å². The Morgan fingerprint density at radius 2 is 2.00 bits per heavy atom. The lowest BCUT2D eigenvalue weighted by Crippen LogP contribution is -2.36. The number of hydrogen-bond donors (Lipinski definition) is 1. The molecule has 1 aliphatic rings. The van der Waals surface area contributed by atoms with Crippen LogP contribution in [0.25, 0.3) is 0 Å². The van der Waals surface area contributed by atoms with Crippen LogP contribution in [-0.2, 0) is 9.59 Å². The van der Waals surface area contributed by atoms with Crippen molar-refractivity contribution in [3.05, 3.63) is 29.8 Å². The molecule has 2 amide bonds. The molecule has 1 heterocycles. The number of likely N-dealkylation sites (tertiary alicyclic amines) is 1. The molecule has 1 fully saturated rings. The molecule has 1 N–H and O–H groups in total. The van der Waals surface area contributed by atoms with Crippen LogP contribution in [0.5, 0.6) is 5.75 Å². The smallest absolute Gasteiger partial charge is 0.225 e. The molecule has 132 valence electrons. The molecule has 1 saturated heterocycles. The predicted molar refractivity (Wildman–Crippen MR) is 93.9 cm³/mol. The Balaban J connectivity index is 2.19. The van der Waals surface area contributed by atoms with E-state index in [-0.39, 0.29) is 23.7 Å². The number of carbonyl (C=O) groups is 2. The van der Waals surface area contributed by atoms with Gasteiger partial charge in [0.15, 0.2) is 0 Å². The van der Waals surface area contributed by atoms with Gasteiger partial charge in [0.2, 0.25) is 11.8 Å². The van der Waals surface area contributed by atoms with Crippen LogP contribution < -0.4 is 10.1 Å². The average molecular weight is 332 g/mol. The van der Waals surface area contributed by atoms with Crippen molar-refractivity contribution in [2.75, 3.05) is 26.7 Å². The largest absolute Gasteiger partial charge is 0.496 e. The van der Waals surface area contributed by atoms with Crippen molar-refractivity contribution < 1.29 is 14.3 Å². The summed E-state index contributed by atoms with van der Waals surface area (Å²) in [5, 5.41) is 3.03. The number of nitrogens with zero attached hydrogens (tertiary/aromatic N) is 1. The van der Waals surface area contributed by atoms with E-state index < -0.39 is 0 Å². The third-order valence-electron chi connectivity index (χ3n) is 4.66. The van der Waals surface area contributed by atoms with E-state index in [1.54, 1.807) is 18.9 Å². The van der Waals surface area contributed by atoms with E-state index in [1.165, 1.54) is 0 Å². The zero-order valence-corrected chi connectivity index (χ0v) is 15.0. The van der Waals surface area contributed by atoms with Crippen molar-refractivity contribution in [1.82, 2.24) is 10.2 Å². The minimum Gasteiger partial charge on any atom is -0.496 e. The van der Waals surface area contributed by atoms with Gasteiger partial charge >= 0.3 is 0 Å². The second-order valence-corrected chi connectivity index (χ2v) is 6.85. The summed E-state index contributed by atoms with van der Waals surface area (Å²) in [5.41, 5.74) is 0.993. The topological polar surface area (TPSA) is 58.6 Å². The first-order valence-electron chi connectivity index (χ1n) is 8.60. The van der Waals surface area contributed by atoms with Crippen LogP contribution in [0.2, 0.25) is 0 Å². The highest BCUT2D eigenvalue weighted by Crippen LogP contribution is 2.37. The highest BCUT2D eigenvalue weighted by Gasteiger charge is 2.40. The number of para-hydroxylation sites is 1. The zero-order chi connectivity index (χ0) is 17.7. The standard InChI is InChI=1S/C19H28N2O3/c1-13(2)9-10-20-19(23)17-12-21(14(3)22)11-16(17)15-7-5-6-8-18(15)24-4/h5-8,13,16-17H,9-12H2,1-4H3,(H,20,23). The molecule has 0 bridgehead atoms. The third kappa shape index (κ3) is 4.28. The van der Waals surface area contributed by atoms with E-state index >= 15 is 0 Å². The molecule has 1 aromatic rings. The molecule has 2 unspecified atom stereocenters. The number of amides is 2. The minimum atomic E-state index is -0.239. The van der Waals surface area contributed by atoms with E-state index in [9.17, 15) is 9.59 Å². The van der Waals surface area contributed by atoms with E-state index in [2.05, 4.69) is 19.2 Å². The summed E-state index contributed by atoms with van der Waals surface area (Å²) in [5.74, 6) is 1.07. The van der Waals surface area contributed by atoms with Gasteiger partial charge in [-0.05, 0) is 24.0 Å². The molecule has 0 aliphatic carbocycles. The van der Waals surface area contributed by atoms with Crippen molar-refractivity contribution in [2.24, 2.45) is 11.8 Å². The zero-order valence-electron chi connectivity index (χ0n) is 15.0. The molecular weight excluding hydrogens is 304 g/mol. The van der Waals surface area contributed by atoms with Crippen LogP contribution >= 0.6 is 0 Å². The summed E-state index contributed by atoms with van der Waals surface area (Å²) in [6.45, 7) is 7.52. The van der Waals surface area contributed by atoms with Crippen LogP contribution in [0.15, 0.2) is 24.3 Å². The van der Waals surface area contributed by atoms with E-state index in [0.29, 0.717) is 25.6 Å². The van der Waals surface area contributed by atoms with Gasteiger partial charge in [0.05, 0.1) is 13.0 Å². The molecule has 0 spiro atoms. The predicted octanol–water partition coefficient (Wildman–Crippen LogP) is 2.42. The van der Waals surface area contributed by atoms with Gasteiger partial charge in [-0.3, -0.25) is 9.59 Å². The minimum absolute atomic E-state index is 0.00683. The van der Waals surface area contributed by atoms with Crippen LogP contribution in [0.4, 0.5) is 0 Å². The van der Waals surface area contributed by atoms with E-state index in [4.69, 9.17) is 4.74 Å². The van der Waals surface area contributed by atoms with Crippen LogP contribution in [-0.4, -0.2) is 43.5 Å². The lowest BCUT2D eigenvalue weighted by atomic mass is 9.87. The Morgan fingerprint density at radius 1 is 1.29 bits per heavy atom. The molecule has 24 heavy (non-hydrogen) atoms. The first kappa shape index (κ1) is 18.3. The Bertz CT molecular complexity index is 586. The Morgan fingerprint density at radius 3 is 2.62 bits per heavy atom. The van der Waals surface area contributed by atoms with Crippen LogP contribution in [0.3, 0.4) is 0 Å². The maximum atomic E-state index is 12.7. The number of ether oxygens (including phenoxy) is 1. The monoisotopic (exact) mass is 332 g/mol. The lowest BCUT2D eigenvalue weighted by molar-refractivity contribution is -0.128. The Kier molecular flexibility index (Phi) is 6.23. The Hall–Kier alpha value is -2.04. The summed E-state index contributed by atoms with van der Waals surface area (Å²) in [4.78, 5) is 26.3. The SMILES string of the molecule is COc1ccccc1C1CN(C(C)=O)CC1C(=O)NCCC(C)C. The van der Waals surface area contributed by atoms with Gasteiger partial charge in [0.25, 0.3) is 0 Å². The molecule has 0 radical (unpaired) electrons. The van der Waals surface area contributed by atoms with Crippen LogP contribution in [0.1, 0.15) is 38.7 Å². The van der Waals surface area contributed by atoms with Gasteiger partial charge in [0.1, 0.15) is 5.75 Å². The summed E-state index contributed by atoms with van der Waals surface area (Å²) < 4.78 is 5.46. The highest BCUT2D eigenvalue weighted by molar-refractivity contribution is 5.83. The summed E-state index contributed by atoms with van der Waals surface area (Å²) in [6.07, 6.45) is 0.953. The number of carbonyl (C=O) groups excluding carboxylic acids is 2. The molecule has 2 atom stereocenters. The third-order valence-corrected chi connectivity index (χ3v) is 4.66. The van der Waals surface area contributed by atoms with E-state index in [0.717, 1.165) is 17.7 Å². The second kappa shape index (κ2) is 8.18. The van der Waals surface area contributed by atoms with Gasteiger partial charge in [-0.25, -0.2) is 0 Å². The first-order chi connectivity index (χ1) is 11.4. The fraction of sp³-hybridized carbons (Fsp3) is 0.579. The number of rotatable bonds is 6. The molecule has 1 aromatic carbocycles. The number of methoxy groups -OCH3 is 1. The molecule has 0 aromatic heterocycles. The average Bonchev–Trinajstić information content (AvgIpc) is 2.99. The quantitative estimate of drug-likeness (QED) is 0.870. The number of nitrogens with one attached hydrogen (secondary N) is 1. The van der Waals surface area contributed by atoms with Gasteiger partial charge < -0.3 is 15.0 Å². The summed E-state index contributed by atoms with van der Waals surface area (Å²) in [7, 11) is 1.63. The van der Waals surface area contributed by atoms with Gasteiger partial charge in [-0.2, -0.15) is 0 Å². The maximum absolute atomic E-state index is 12.7. The molecule has 0 saturated carbocycles. The van der Waals surface area contributed by atoms with Crippen LogP contribution in [0, 0.1) is 11.8 Å². The lowest BCUT2D eigenvalue weighted by Gasteiger charge is -2.20. The number of hydrogen-bond acceptors (Lipinski definition) is 3. The van der Waals surface area contributed by atoms with Gasteiger partial charge in [-0.15, -0.1) is 0 Å². The highest BCUT2D eigenvalue weighted by atomic mass is 16.5. The van der Waals surface area contributed by atoms with Crippen molar-refractivity contribution in [3.8, 4) is 5.75 Å². The summed E-state index contributed by atoms with van der Waals surface area (Å²) >= 11 is 0. The van der Waals surface area contributed by atoms with E-state index in [1.807, 2.05) is 24.3 Å². The van der Waals surface area contributed by atoms with Crippen molar-refractivity contribution in [2.45, 2.75) is 33.1 Å². The second-order valence-electron chi connectivity index (χ2n) is 6.85.